The first-order valence-electron chi connectivity index (χ1n) is 10.1. The van der Waals surface area contributed by atoms with Gasteiger partial charge < -0.3 is 15.4 Å². The number of alkyl carbamates (subject to hydrolysis) is 1. The summed E-state index contributed by atoms with van der Waals surface area (Å²) in [6, 6.07) is 9.75. The average Bonchev–Trinajstić information content (AvgIpc) is 2.56. The van der Waals surface area contributed by atoms with Gasteiger partial charge in [-0.15, -0.1) is 0 Å². The molecule has 0 saturated heterocycles. The van der Waals surface area contributed by atoms with Gasteiger partial charge in [0.25, 0.3) is 0 Å². The summed E-state index contributed by atoms with van der Waals surface area (Å²) in [5.74, 6) is -0.206. The monoisotopic (exact) mass is 391 g/mol. The minimum atomic E-state index is -0.691. The van der Waals surface area contributed by atoms with Crippen LogP contribution in [-0.4, -0.2) is 53.7 Å². The summed E-state index contributed by atoms with van der Waals surface area (Å²) in [5, 5.41) is 5.68. The first kappa shape index (κ1) is 24.0. The zero-order valence-electron chi connectivity index (χ0n) is 18.4. The predicted molar refractivity (Wildman–Crippen MR) is 113 cm³/mol. The minimum absolute atomic E-state index is 0.206. The third-order valence-electron chi connectivity index (χ3n) is 4.29. The summed E-state index contributed by atoms with van der Waals surface area (Å²) in [6.07, 6.45) is -0.182. The highest BCUT2D eigenvalue weighted by Crippen LogP contribution is 2.09. The van der Waals surface area contributed by atoms with E-state index in [0.29, 0.717) is 25.0 Å². The highest BCUT2D eigenvalue weighted by Gasteiger charge is 2.25. The van der Waals surface area contributed by atoms with Gasteiger partial charge in [0, 0.05) is 31.6 Å². The predicted octanol–water partition coefficient (Wildman–Crippen LogP) is 3.36. The van der Waals surface area contributed by atoms with Crippen molar-refractivity contribution in [3.8, 4) is 0 Å². The number of benzene rings is 1. The molecular formula is C22H37N3O3. The molecule has 6 nitrogen and oxygen atoms in total. The largest absolute Gasteiger partial charge is 0.444 e. The quantitative estimate of drug-likeness (QED) is 0.677. The molecule has 0 aliphatic carbocycles. The standard InChI is InChI=1S/C22H37N3O3/c1-16(2)25(17(3)4)14-13-23-20(26)19(15-18-11-9-8-10-12-18)24-21(27)28-22(5,6)7/h8-12,16-17,19H,13-15H2,1-7H3,(H,23,26)(H,24,27)/t19-/m0/s1. The second-order valence-corrected chi connectivity index (χ2v) is 8.60. The van der Waals surface area contributed by atoms with Crippen molar-refractivity contribution in [3.63, 3.8) is 0 Å². The maximum Gasteiger partial charge on any atom is 0.408 e. The second kappa shape index (κ2) is 11.1. The van der Waals surface area contributed by atoms with Crippen LogP contribution in [0.5, 0.6) is 0 Å². The Morgan fingerprint density at radius 2 is 1.61 bits per heavy atom. The fourth-order valence-electron chi connectivity index (χ4n) is 3.05. The molecule has 1 atom stereocenters. The van der Waals surface area contributed by atoms with Gasteiger partial charge in [-0.1, -0.05) is 30.3 Å². The highest BCUT2D eigenvalue weighted by molar-refractivity contribution is 5.86. The summed E-state index contributed by atoms with van der Waals surface area (Å²) in [5.41, 5.74) is 0.358. The summed E-state index contributed by atoms with van der Waals surface area (Å²) >= 11 is 0. The van der Waals surface area contributed by atoms with E-state index in [4.69, 9.17) is 4.74 Å². The number of ether oxygens (including phenoxy) is 1. The second-order valence-electron chi connectivity index (χ2n) is 8.60. The highest BCUT2D eigenvalue weighted by atomic mass is 16.6. The van der Waals surface area contributed by atoms with Crippen LogP contribution in [0.3, 0.4) is 0 Å². The van der Waals surface area contributed by atoms with Crippen molar-refractivity contribution < 1.29 is 14.3 Å². The Hall–Kier alpha value is -2.08. The molecule has 6 heteroatoms. The van der Waals surface area contributed by atoms with Crippen LogP contribution in [0.2, 0.25) is 0 Å². The van der Waals surface area contributed by atoms with Crippen molar-refractivity contribution in [2.45, 2.75) is 78.6 Å². The molecule has 0 unspecified atom stereocenters. The van der Waals surface area contributed by atoms with Gasteiger partial charge >= 0.3 is 6.09 Å². The molecule has 2 N–H and O–H groups in total. The van der Waals surface area contributed by atoms with Crippen LogP contribution < -0.4 is 10.6 Å². The van der Waals surface area contributed by atoms with Crippen LogP contribution in [0.4, 0.5) is 4.79 Å². The Balaban J connectivity index is 2.74. The molecule has 0 bridgehead atoms. The van der Waals surface area contributed by atoms with Gasteiger partial charge in [-0.2, -0.15) is 0 Å². The Morgan fingerprint density at radius 1 is 1.04 bits per heavy atom. The lowest BCUT2D eigenvalue weighted by atomic mass is 10.1. The number of carbonyl (C=O) groups excluding carboxylic acids is 2. The number of rotatable bonds is 9. The lowest BCUT2D eigenvalue weighted by molar-refractivity contribution is -0.123. The Bertz CT molecular complexity index is 601. The van der Waals surface area contributed by atoms with Crippen LogP contribution in [0.1, 0.15) is 54.0 Å². The SMILES string of the molecule is CC(C)N(CCNC(=O)[C@H](Cc1ccccc1)NC(=O)OC(C)(C)C)C(C)C. The van der Waals surface area contributed by atoms with Gasteiger partial charge in [-0.3, -0.25) is 9.69 Å². The summed E-state index contributed by atoms with van der Waals surface area (Å²) in [4.78, 5) is 27.3. The molecular weight excluding hydrogens is 354 g/mol. The lowest BCUT2D eigenvalue weighted by Crippen LogP contribution is -2.51. The van der Waals surface area contributed by atoms with Crippen LogP contribution in [0, 0.1) is 0 Å². The summed E-state index contributed by atoms with van der Waals surface area (Å²) in [6.45, 7) is 15.2. The first-order chi connectivity index (χ1) is 13.0. The molecule has 0 aliphatic rings. The van der Waals surface area contributed by atoms with Crippen LogP contribution in [-0.2, 0) is 16.0 Å². The van der Waals surface area contributed by atoms with Crippen molar-refractivity contribution in [2.24, 2.45) is 0 Å². The number of nitrogens with zero attached hydrogens (tertiary/aromatic N) is 1. The molecule has 1 aromatic carbocycles. The molecule has 0 fully saturated rings. The normalized spacial score (nSPS) is 12.9. The molecule has 0 saturated carbocycles. The van der Waals surface area contributed by atoms with Crippen LogP contribution in [0.15, 0.2) is 30.3 Å². The topological polar surface area (TPSA) is 70.7 Å². The number of hydrogen-bond donors (Lipinski definition) is 2. The fourth-order valence-corrected chi connectivity index (χ4v) is 3.05. The zero-order valence-corrected chi connectivity index (χ0v) is 18.4. The van der Waals surface area contributed by atoms with Gasteiger partial charge in [0.15, 0.2) is 0 Å². The van der Waals surface area contributed by atoms with Crippen molar-refractivity contribution in [2.75, 3.05) is 13.1 Å². The number of hydrogen-bond acceptors (Lipinski definition) is 4. The number of amides is 2. The summed E-state index contributed by atoms with van der Waals surface area (Å²) in [7, 11) is 0. The molecule has 0 spiro atoms. The molecule has 158 valence electrons. The molecule has 0 heterocycles. The smallest absolute Gasteiger partial charge is 0.408 e. The third-order valence-corrected chi connectivity index (χ3v) is 4.29. The zero-order chi connectivity index (χ0) is 21.3. The molecule has 0 aromatic heterocycles. The molecule has 28 heavy (non-hydrogen) atoms. The third kappa shape index (κ3) is 9.22. The minimum Gasteiger partial charge on any atom is -0.444 e. The molecule has 2 amide bonds. The Kier molecular flexibility index (Phi) is 9.46. The summed E-state index contributed by atoms with van der Waals surface area (Å²) < 4.78 is 5.32. The van der Waals surface area contributed by atoms with Crippen molar-refractivity contribution in [3.05, 3.63) is 35.9 Å². The molecule has 1 aromatic rings. The van der Waals surface area contributed by atoms with Gasteiger partial charge in [0.05, 0.1) is 0 Å². The van der Waals surface area contributed by atoms with E-state index in [1.165, 1.54) is 0 Å². The van der Waals surface area contributed by atoms with E-state index in [0.717, 1.165) is 12.1 Å². The van der Waals surface area contributed by atoms with Gasteiger partial charge in [-0.05, 0) is 54.0 Å². The van der Waals surface area contributed by atoms with Crippen molar-refractivity contribution in [1.82, 2.24) is 15.5 Å². The van der Waals surface area contributed by atoms with E-state index in [-0.39, 0.29) is 5.91 Å². The Morgan fingerprint density at radius 3 is 2.11 bits per heavy atom. The fraction of sp³-hybridized carbons (Fsp3) is 0.636. The first-order valence-corrected chi connectivity index (χ1v) is 10.1. The van der Waals surface area contributed by atoms with Crippen LogP contribution >= 0.6 is 0 Å². The number of carbonyl (C=O) groups is 2. The van der Waals surface area contributed by atoms with Crippen molar-refractivity contribution in [1.29, 1.82) is 0 Å². The van der Waals surface area contributed by atoms with E-state index >= 15 is 0 Å². The maximum absolute atomic E-state index is 12.8. The van der Waals surface area contributed by atoms with Gasteiger partial charge in [-0.25, -0.2) is 4.79 Å². The van der Waals surface area contributed by atoms with E-state index in [1.807, 2.05) is 30.3 Å². The van der Waals surface area contributed by atoms with E-state index in [9.17, 15) is 9.59 Å². The molecule has 0 aliphatic heterocycles. The lowest BCUT2D eigenvalue weighted by Gasteiger charge is -2.30. The molecule has 1 rings (SSSR count). The average molecular weight is 392 g/mol. The van der Waals surface area contributed by atoms with Crippen LogP contribution in [0.25, 0.3) is 0 Å². The van der Waals surface area contributed by atoms with E-state index in [2.05, 4.69) is 43.2 Å². The maximum atomic E-state index is 12.8. The number of nitrogens with one attached hydrogen (secondary N) is 2. The van der Waals surface area contributed by atoms with Gasteiger partial charge in [0.2, 0.25) is 5.91 Å². The Labute approximate surface area is 170 Å². The van der Waals surface area contributed by atoms with Crippen molar-refractivity contribution >= 4 is 12.0 Å². The van der Waals surface area contributed by atoms with E-state index in [1.54, 1.807) is 20.8 Å². The molecule has 0 radical (unpaired) electrons. The van der Waals surface area contributed by atoms with Gasteiger partial charge in [0.1, 0.15) is 11.6 Å². The van der Waals surface area contributed by atoms with E-state index < -0.39 is 17.7 Å².